The van der Waals surface area contributed by atoms with Crippen LogP contribution in [0.3, 0.4) is 0 Å². The fourth-order valence-corrected chi connectivity index (χ4v) is 2.26. The summed E-state index contributed by atoms with van der Waals surface area (Å²) in [6.07, 6.45) is 7.14. The second-order valence-corrected chi connectivity index (χ2v) is 5.05. The van der Waals surface area contributed by atoms with Crippen LogP contribution in [0.15, 0.2) is 36.8 Å². The van der Waals surface area contributed by atoms with Crippen molar-refractivity contribution in [2.24, 2.45) is 0 Å². The number of hydrogen-bond donors (Lipinski definition) is 2. The molecule has 0 aliphatic heterocycles. The van der Waals surface area contributed by atoms with Gasteiger partial charge < -0.3 is 15.0 Å². The van der Waals surface area contributed by atoms with Crippen molar-refractivity contribution in [2.75, 3.05) is 11.9 Å². The van der Waals surface area contributed by atoms with Crippen molar-refractivity contribution in [3.8, 4) is 0 Å². The van der Waals surface area contributed by atoms with E-state index >= 15 is 0 Å². The topological polar surface area (TPSA) is 50.1 Å². The number of aromatic nitrogens is 2. The fraction of sp³-hybridized carbons (Fsp3) is 0.400. The van der Waals surface area contributed by atoms with Crippen molar-refractivity contribution in [2.45, 2.75) is 31.8 Å². The molecule has 1 saturated carbocycles. The van der Waals surface area contributed by atoms with Crippen LogP contribution in [-0.4, -0.2) is 21.3 Å². The van der Waals surface area contributed by atoms with E-state index in [2.05, 4.69) is 39.1 Å². The van der Waals surface area contributed by atoms with Crippen LogP contribution in [0.1, 0.15) is 30.1 Å². The molecule has 0 radical (unpaired) electrons. The third-order valence-electron chi connectivity index (χ3n) is 3.51. The monoisotopic (exact) mass is 257 g/mol. The number of aliphatic hydroxyl groups excluding tert-OH is 1. The number of hydrogen-bond acceptors (Lipinski definition) is 3. The summed E-state index contributed by atoms with van der Waals surface area (Å²) in [5.74, 6) is 0. The van der Waals surface area contributed by atoms with Gasteiger partial charge in [0.25, 0.3) is 0 Å². The van der Waals surface area contributed by atoms with Crippen molar-refractivity contribution >= 4 is 5.69 Å². The van der Waals surface area contributed by atoms with Gasteiger partial charge in [-0.2, -0.15) is 0 Å². The summed E-state index contributed by atoms with van der Waals surface area (Å²) in [7, 11) is 0. The van der Waals surface area contributed by atoms with Crippen LogP contribution in [0.25, 0.3) is 0 Å². The molecule has 1 aromatic carbocycles. The molecule has 100 valence electrons. The van der Waals surface area contributed by atoms with E-state index in [1.807, 2.05) is 12.5 Å². The Bertz CT molecular complexity index is 529. The third kappa shape index (κ3) is 2.96. The number of aliphatic hydroxyl groups is 1. The Hall–Kier alpha value is -1.81. The Morgan fingerprint density at radius 2 is 2.05 bits per heavy atom. The molecule has 4 heteroatoms. The molecule has 1 aromatic heterocycles. The Balaban J connectivity index is 1.60. The highest BCUT2D eigenvalue weighted by Gasteiger charge is 2.24. The van der Waals surface area contributed by atoms with E-state index in [0.29, 0.717) is 12.5 Å². The van der Waals surface area contributed by atoms with Gasteiger partial charge in [-0.1, -0.05) is 12.1 Å². The SMILES string of the molecule is OCCc1ccc(NCc2cncn2C2CC2)cc1. The number of nitrogens with zero attached hydrogens (tertiary/aromatic N) is 2. The van der Waals surface area contributed by atoms with E-state index in [1.165, 1.54) is 18.5 Å². The van der Waals surface area contributed by atoms with Crippen molar-refractivity contribution in [1.29, 1.82) is 0 Å². The van der Waals surface area contributed by atoms with Gasteiger partial charge in [0.15, 0.2) is 0 Å². The summed E-state index contributed by atoms with van der Waals surface area (Å²) in [6.45, 7) is 1.00. The van der Waals surface area contributed by atoms with Gasteiger partial charge in [0.1, 0.15) is 0 Å². The van der Waals surface area contributed by atoms with Crippen molar-refractivity contribution in [1.82, 2.24) is 9.55 Å². The van der Waals surface area contributed by atoms with Crippen LogP contribution < -0.4 is 5.32 Å². The Morgan fingerprint density at radius 1 is 1.26 bits per heavy atom. The minimum Gasteiger partial charge on any atom is -0.396 e. The average molecular weight is 257 g/mol. The van der Waals surface area contributed by atoms with Crippen LogP contribution >= 0.6 is 0 Å². The van der Waals surface area contributed by atoms with E-state index in [4.69, 9.17) is 5.11 Å². The van der Waals surface area contributed by atoms with Gasteiger partial charge >= 0.3 is 0 Å². The van der Waals surface area contributed by atoms with Crippen molar-refractivity contribution in [3.05, 3.63) is 48.0 Å². The Morgan fingerprint density at radius 3 is 2.74 bits per heavy atom. The van der Waals surface area contributed by atoms with Gasteiger partial charge in [-0.05, 0) is 37.0 Å². The van der Waals surface area contributed by atoms with E-state index in [0.717, 1.165) is 17.8 Å². The maximum absolute atomic E-state index is 8.88. The van der Waals surface area contributed by atoms with Crippen molar-refractivity contribution < 1.29 is 5.11 Å². The summed E-state index contributed by atoms with van der Waals surface area (Å²) in [6, 6.07) is 8.89. The van der Waals surface area contributed by atoms with E-state index < -0.39 is 0 Å². The molecule has 19 heavy (non-hydrogen) atoms. The first-order valence-electron chi connectivity index (χ1n) is 6.81. The highest BCUT2D eigenvalue weighted by atomic mass is 16.2. The molecular formula is C15H19N3O. The molecule has 1 fully saturated rings. The second-order valence-electron chi connectivity index (χ2n) is 5.05. The maximum Gasteiger partial charge on any atom is 0.0951 e. The smallest absolute Gasteiger partial charge is 0.0951 e. The van der Waals surface area contributed by atoms with E-state index in [1.54, 1.807) is 0 Å². The van der Waals surface area contributed by atoms with Crippen LogP contribution in [0.4, 0.5) is 5.69 Å². The lowest BCUT2D eigenvalue weighted by Gasteiger charge is -2.09. The first-order chi connectivity index (χ1) is 9.36. The molecule has 1 heterocycles. The number of benzene rings is 1. The molecule has 0 amide bonds. The zero-order chi connectivity index (χ0) is 13.1. The molecule has 3 rings (SSSR count). The zero-order valence-corrected chi connectivity index (χ0v) is 10.9. The first-order valence-corrected chi connectivity index (χ1v) is 6.81. The van der Waals surface area contributed by atoms with Gasteiger partial charge in [-0.25, -0.2) is 4.98 Å². The van der Waals surface area contributed by atoms with Crippen LogP contribution in [0, 0.1) is 0 Å². The molecule has 2 aromatic rings. The standard InChI is InChI=1S/C15H19N3O/c19-8-7-12-1-3-13(4-2-12)17-10-15-9-16-11-18(15)14-5-6-14/h1-4,9,11,14,17,19H,5-8,10H2. The van der Waals surface area contributed by atoms with Gasteiger partial charge in [0, 0.05) is 24.5 Å². The molecule has 0 unspecified atom stereocenters. The molecule has 2 N–H and O–H groups in total. The van der Waals surface area contributed by atoms with Crippen molar-refractivity contribution in [3.63, 3.8) is 0 Å². The van der Waals surface area contributed by atoms with E-state index in [-0.39, 0.29) is 6.61 Å². The molecule has 0 spiro atoms. The quantitative estimate of drug-likeness (QED) is 0.835. The highest BCUT2D eigenvalue weighted by molar-refractivity contribution is 5.44. The number of imidazole rings is 1. The number of anilines is 1. The average Bonchev–Trinajstić information content (AvgIpc) is 3.17. The van der Waals surface area contributed by atoms with E-state index in [9.17, 15) is 0 Å². The normalized spacial score (nSPS) is 14.6. The Kier molecular flexibility index (Phi) is 3.51. The predicted octanol–water partition coefficient (Wildman–Crippen LogP) is 2.36. The summed E-state index contributed by atoms with van der Waals surface area (Å²) in [4.78, 5) is 4.23. The third-order valence-corrected chi connectivity index (χ3v) is 3.51. The second kappa shape index (κ2) is 5.45. The summed E-state index contributed by atoms with van der Waals surface area (Å²) in [5, 5.41) is 12.3. The zero-order valence-electron chi connectivity index (χ0n) is 10.9. The van der Waals surface area contributed by atoms with Gasteiger partial charge in [0.2, 0.25) is 0 Å². The van der Waals surface area contributed by atoms with Gasteiger partial charge in [0.05, 0.1) is 18.6 Å². The van der Waals surface area contributed by atoms with Crippen LogP contribution in [0.5, 0.6) is 0 Å². The van der Waals surface area contributed by atoms with Crippen LogP contribution in [-0.2, 0) is 13.0 Å². The molecule has 1 aliphatic rings. The highest BCUT2D eigenvalue weighted by Crippen LogP contribution is 2.35. The maximum atomic E-state index is 8.88. The molecule has 1 aliphatic carbocycles. The predicted molar refractivity (Wildman–Crippen MR) is 75.1 cm³/mol. The summed E-state index contributed by atoms with van der Waals surface area (Å²) in [5.41, 5.74) is 3.50. The lowest BCUT2D eigenvalue weighted by atomic mass is 10.1. The van der Waals surface area contributed by atoms with Gasteiger partial charge in [-0.15, -0.1) is 0 Å². The lowest BCUT2D eigenvalue weighted by Crippen LogP contribution is -2.05. The molecule has 0 saturated heterocycles. The molecule has 0 bridgehead atoms. The summed E-state index contributed by atoms with van der Waals surface area (Å²) < 4.78 is 2.27. The first kappa shape index (κ1) is 12.2. The molecule has 0 atom stereocenters. The fourth-order valence-electron chi connectivity index (χ4n) is 2.26. The van der Waals surface area contributed by atoms with Gasteiger partial charge in [-0.3, -0.25) is 0 Å². The minimum atomic E-state index is 0.202. The lowest BCUT2D eigenvalue weighted by molar-refractivity contribution is 0.299. The molecule has 4 nitrogen and oxygen atoms in total. The minimum absolute atomic E-state index is 0.202. The Labute approximate surface area is 113 Å². The largest absolute Gasteiger partial charge is 0.396 e. The number of rotatable bonds is 6. The van der Waals surface area contributed by atoms with Crippen LogP contribution in [0.2, 0.25) is 0 Å². The number of nitrogens with one attached hydrogen (secondary N) is 1. The summed E-state index contributed by atoms with van der Waals surface area (Å²) >= 11 is 0. The molecular weight excluding hydrogens is 238 g/mol.